The lowest BCUT2D eigenvalue weighted by Crippen LogP contribution is -3.00. The lowest BCUT2D eigenvalue weighted by molar-refractivity contribution is -0.277. The molecule has 34 heavy (non-hydrogen) atoms. The van der Waals surface area contributed by atoms with Crippen LogP contribution in [0.5, 0.6) is 34.5 Å². The first-order valence-corrected chi connectivity index (χ1v) is 9.66. The van der Waals surface area contributed by atoms with Crippen molar-refractivity contribution in [3.8, 4) is 45.8 Å². The average molecular weight is 501 g/mol. The van der Waals surface area contributed by atoms with Gasteiger partial charge in [-0.25, -0.2) is 4.42 Å². The minimum absolute atomic E-state index is 0. The van der Waals surface area contributed by atoms with Gasteiger partial charge in [0, 0.05) is 24.3 Å². The number of rotatable bonds is 4. The van der Waals surface area contributed by atoms with Crippen molar-refractivity contribution in [1.82, 2.24) is 0 Å². The number of hydrogen-bond acceptors (Lipinski definition) is 11. The summed E-state index contributed by atoms with van der Waals surface area (Å²) < 4.78 is 16.7. The first-order chi connectivity index (χ1) is 15.6. The molecule has 0 bridgehead atoms. The molecule has 1 aliphatic rings. The second-order valence-corrected chi connectivity index (χ2v) is 7.49. The number of ether oxygens (including phenoxy) is 2. The van der Waals surface area contributed by atoms with Crippen LogP contribution in [0.25, 0.3) is 22.3 Å². The van der Waals surface area contributed by atoms with Crippen molar-refractivity contribution < 1.29 is 72.3 Å². The molecule has 0 radical (unpaired) electrons. The summed E-state index contributed by atoms with van der Waals surface area (Å²) in [6, 6.07) is 5.51. The van der Waals surface area contributed by atoms with Gasteiger partial charge < -0.3 is 67.8 Å². The molecular weight excluding hydrogens is 480 g/mol. The minimum atomic E-state index is -1.76. The van der Waals surface area contributed by atoms with E-state index in [1.165, 1.54) is 12.1 Å². The minimum Gasteiger partial charge on any atom is -1.00 e. The summed E-state index contributed by atoms with van der Waals surface area (Å²) in [4.78, 5) is 0. The van der Waals surface area contributed by atoms with E-state index in [2.05, 4.69) is 0 Å². The van der Waals surface area contributed by atoms with Gasteiger partial charge in [0.15, 0.2) is 17.2 Å². The highest BCUT2D eigenvalue weighted by Crippen LogP contribution is 2.44. The van der Waals surface area contributed by atoms with Crippen molar-refractivity contribution in [2.75, 3.05) is 6.61 Å². The fourth-order valence-corrected chi connectivity index (χ4v) is 3.50. The van der Waals surface area contributed by atoms with Gasteiger partial charge in [-0.2, -0.15) is 0 Å². The van der Waals surface area contributed by atoms with Gasteiger partial charge in [0.2, 0.25) is 12.0 Å². The number of halogens is 1. The van der Waals surface area contributed by atoms with Crippen LogP contribution in [0.2, 0.25) is 0 Å². The van der Waals surface area contributed by atoms with Gasteiger partial charge >= 0.3 is 11.3 Å². The molecule has 4 rings (SSSR count). The fraction of sp³-hybridized carbons (Fsp3) is 0.286. The van der Waals surface area contributed by atoms with Crippen LogP contribution in [0.15, 0.2) is 34.7 Å². The Hall–Kier alpha value is -3.26. The molecule has 2 heterocycles. The van der Waals surface area contributed by atoms with Crippen LogP contribution in [0.1, 0.15) is 0 Å². The zero-order valence-corrected chi connectivity index (χ0v) is 17.9. The van der Waals surface area contributed by atoms with E-state index in [0.29, 0.717) is 0 Å². The van der Waals surface area contributed by atoms with Crippen molar-refractivity contribution in [2.45, 2.75) is 30.7 Å². The van der Waals surface area contributed by atoms with E-state index in [0.717, 1.165) is 18.2 Å². The van der Waals surface area contributed by atoms with Crippen molar-refractivity contribution in [1.29, 1.82) is 0 Å². The lowest BCUT2D eigenvalue weighted by atomic mass is 9.99. The predicted molar refractivity (Wildman–Crippen MR) is 109 cm³/mol. The second kappa shape index (κ2) is 9.54. The molecule has 1 aliphatic heterocycles. The molecule has 0 amide bonds. The maximum atomic E-state index is 10.3. The van der Waals surface area contributed by atoms with Crippen LogP contribution in [0, 0.1) is 0 Å². The summed E-state index contributed by atoms with van der Waals surface area (Å²) in [5.41, 5.74) is -0.0529. The summed E-state index contributed by atoms with van der Waals surface area (Å²) in [7, 11) is 0. The molecule has 1 saturated heterocycles. The Labute approximate surface area is 197 Å². The molecule has 13 heteroatoms. The topological polar surface area (TPSA) is 212 Å². The molecule has 184 valence electrons. The molecule has 5 atom stereocenters. The highest BCUT2D eigenvalue weighted by Gasteiger charge is 2.45. The van der Waals surface area contributed by atoms with Crippen LogP contribution in [0.4, 0.5) is 0 Å². The van der Waals surface area contributed by atoms with Gasteiger partial charge in [-0.05, 0) is 0 Å². The largest absolute Gasteiger partial charge is 1.00 e. The summed E-state index contributed by atoms with van der Waals surface area (Å²) in [5, 5.41) is 89.2. The molecule has 1 aromatic heterocycles. The smallest absolute Gasteiger partial charge is 0.402 e. The monoisotopic (exact) mass is 500 g/mol. The van der Waals surface area contributed by atoms with E-state index < -0.39 is 60.3 Å². The summed E-state index contributed by atoms with van der Waals surface area (Å²) in [5.74, 6) is -3.32. The molecule has 1 fully saturated rings. The Balaban J connectivity index is 0.00000324. The first-order valence-electron chi connectivity index (χ1n) is 9.66. The average Bonchev–Trinajstić information content (AvgIpc) is 2.77. The van der Waals surface area contributed by atoms with Crippen LogP contribution < -0.4 is 17.1 Å². The van der Waals surface area contributed by atoms with Crippen LogP contribution in [0.3, 0.4) is 0 Å². The third-order valence-corrected chi connectivity index (χ3v) is 5.24. The molecule has 3 aromatic rings. The standard InChI is InChI=1S/C21H20O12.ClH/c22-6-15-17(28)18(29)19(30)21(33-15)32-14-5-9-10(24)3-8(23)4-13(9)31-20(14)7-1-11(25)16(27)12(26)2-7;/h1-5,15,17-19,21-22,28-30H,6H2,(H4-,23,24,25,26,27);1H/t15-,17-,18+,19-,21?;/m1./s1. The Morgan fingerprint density at radius 2 is 1.47 bits per heavy atom. The summed E-state index contributed by atoms with van der Waals surface area (Å²) >= 11 is 0. The lowest BCUT2D eigenvalue weighted by Gasteiger charge is -2.39. The molecular formula is C21H21ClO12. The Morgan fingerprint density at radius 1 is 0.824 bits per heavy atom. The van der Waals surface area contributed by atoms with E-state index in [4.69, 9.17) is 13.9 Å². The number of phenols is 5. The quantitative estimate of drug-likeness (QED) is 0.130. The second-order valence-electron chi connectivity index (χ2n) is 7.49. The van der Waals surface area contributed by atoms with E-state index in [9.17, 15) is 46.0 Å². The molecule has 1 unspecified atom stereocenters. The fourth-order valence-electron chi connectivity index (χ4n) is 3.50. The number of aliphatic hydroxyl groups is 4. The zero-order chi connectivity index (χ0) is 24.0. The Kier molecular flexibility index (Phi) is 7.12. The van der Waals surface area contributed by atoms with Crippen molar-refractivity contribution in [3.05, 3.63) is 30.3 Å². The summed E-state index contributed by atoms with van der Waals surface area (Å²) in [6.07, 6.45) is -7.99. The van der Waals surface area contributed by atoms with Gasteiger partial charge in [-0.15, -0.1) is 0 Å². The normalized spacial score (nSPS) is 24.5. The maximum absolute atomic E-state index is 10.3. The highest BCUT2D eigenvalue weighted by atomic mass is 35.5. The van der Waals surface area contributed by atoms with Gasteiger partial charge in [-0.1, -0.05) is 0 Å². The van der Waals surface area contributed by atoms with Crippen molar-refractivity contribution >= 4 is 11.0 Å². The molecule has 0 saturated carbocycles. The number of phenolic OH excluding ortho intramolecular Hbond substituents is 5. The Bertz CT molecular complexity index is 1180. The maximum Gasteiger partial charge on any atom is 0.402 e. The molecule has 12 nitrogen and oxygen atoms in total. The number of fused-ring (bicyclic) bond motifs is 1. The van der Waals surface area contributed by atoms with Gasteiger partial charge in [0.05, 0.1) is 18.2 Å². The Morgan fingerprint density at radius 3 is 2.09 bits per heavy atom. The van der Waals surface area contributed by atoms with Gasteiger partial charge in [0.1, 0.15) is 41.3 Å². The third-order valence-electron chi connectivity index (χ3n) is 5.24. The first kappa shape index (κ1) is 25.4. The van der Waals surface area contributed by atoms with Crippen LogP contribution in [-0.4, -0.2) is 83.3 Å². The van der Waals surface area contributed by atoms with Crippen molar-refractivity contribution in [3.63, 3.8) is 0 Å². The zero-order valence-electron chi connectivity index (χ0n) is 17.1. The SMILES string of the molecule is OC[C@H]1OC(Oc2cc3c(O)cc(O)cc3[o+]c2-c2cc(O)c(O)c(O)c2)[C@H](O)[C@@H](O)[C@@H]1O.[Cl-]. The van der Waals surface area contributed by atoms with E-state index in [-0.39, 0.29) is 46.2 Å². The van der Waals surface area contributed by atoms with Crippen LogP contribution >= 0.6 is 0 Å². The predicted octanol–water partition coefficient (Wildman–Crippen LogP) is -2.91. The van der Waals surface area contributed by atoms with Crippen molar-refractivity contribution in [2.24, 2.45) is 0 Å². The summed E-state index contributed by atoms with van der Waals surface area (Å²) in [6.45, 7) is -0.695. The number of hydrogen-bond donors (Lipinski definition) is 9. The number of aliphatic hydroxyl groups excluding tert-OH is 4. The molecule has 0 aliphatic carbocycles. The van der Waals surface area contributed by atoms with E-state index in [1.54, 1.807) is 0 Å². The highest BCUT2D eigenvalue weighted by molar-refractivity contribution is 5.88. The van der Waals surface area contributed by atoms with Gasteiger partial charge in [0.25, 0.3) is 0 Å². The molecule has 0 spiro atoms. The van der Waals surface area contributed by atoms with Gasteiger partial charge in [-0.3, -0.25) is 0 Å². The number of benzene rings is 2. The van der Waals surface area contributed by atoms with E-state index >= 15 is 0 Å². The van der Waals surface area contributed by atoms with Crippen LogP contribution in [-0.2, 0) is 4.74 Å². The number of aromatic hydroxyl groups is 5. The molecule has 2 aromatic carbocycles. The van der Waals surface area contributed by atoms with E-state index in [1.807, 2.05) is 0 Å². The third kappa shape index (κ3) is 4.42. The molecule has 9 N–H and O–H groups in total.